The van der Waals surface area contributed by atoms with Gasteiger partial charge < -0.3 is 9.72 Å². The summed E-state index contributed by atoms with van der Waals surface area (Å²) in [5, 5.41) is 0. The summed E-state index contributed by atoms with van der Waals surface area (Å²) >= 11 is 5.56. The number of nitrogens with one attached hydrogen (secondary N) is 1. The first-order chi connectivity index (χ1) is 10.3. The van der Waals surface area contributed by atoms with Crippen molar-refractivity contribution in [2.75, 3.05) is 7.11 Å². The zero-order valence-corrected chi connectivity index (χ0v) is 13.4. The Morgan fingerprint density at radius 2 is 2.14 bits per heavy atom. The van der Waals surface area contributed by atoms with Crippen molar-refractivity contribution in [3.05, 3.63) is 11.1 Å². The van der Waals surface area contributed by atoms with Crippen LogP contribution in [0.15, 0.2) is 6.33 Å². The fraction of sp³-hybridized carbons (Fsp3) is 0.667. The van der Waals surface area contributed by atoms with E-state index in [1.165, 1.54) is 32.1 Å². The molecule has 1 aliphatic carbocycles. The number of aromatic nitrogens is 4. The van der Waals surface area contributed by atoms with E-state index in [1.807, 2.05) is 0 Å². The normalized spacial score (nSPS) is 18.0. The van der Waals surface area contributed by atoms with Crippen molar-refractivity contribution in [1.29, 1.82) is 0 Å². The molecule has 3 rings (SSSR count). The van der Waals surface area contributed by atoms with E-state index in [0.717, 1.165) is 22.4 Å². The average Bonchev–Trinajstić information content (AvgIpc) is 2.86. The number of ether oxygens (including phenoxy) is 1. The van der Waals surface area contributed by atoms with Crippen molar-refractivity contribution in [3.63, 3.8) is 0 Å². The van der Waals surface area contributed by atoms with Gasteiger partial charge in [0.1, 0.15) is 11.8 Å². The second kappa shape index (κ2) is 6.13. The molecular formula is C15H22N4OS. The largest absolute Gasteiger partial charge is 0.479 e. The lowest BCUT2D eigenvalue weighted by Gasteiger charge is -2.30. The van der Waals surface area contributed by atoms with Crippen LogP contribution in [0.4, 0.5) is 0 Å². The van der Waals surface area contributed by atoms with Crippen LogP contribution in [0, 0.1) is 10.7 Å². The molecule has 6 heteroatoms. The minimum Gasteiger partial charge on any atom is -0.479 e. The second-order valence-corrected chi connectivity index (χ2v) is 6.14. The highest BCUT2D eigenvalue weighted by Crippen LogP contribution is 2.37. The maximum Gasteiger partial charge on any atom is 0.242 e. The second-order valence-electron chi connectivity index (χ2n) is 5.76. The molecule has 1 aliphatic rings. The number of hydrogen-bond acceptors (Lipinski definition) is 4. The molecule has 0 spiro atoms. The summed E-state index contributed by atoms with van der Waals surface area (Å²) in [6.07, 6.45) is 9.21. The van der Waals surface area contributed by atoms with Gasteiger partial charge in [-0.05, 0) is 37.4 Å². The van der Waals surface area contributed by atoms with E-state index in [1.54, 1.807) is 13.4 Å². The molecule has 114 valence electrons. The summed E-state index contributed by atoms with van der Waals surface area (Å²) < 4.78 is 8.22. The number of methoxy groups -OCH3 is 1. The van der Waals surface area contributed by atoms with E-state index >= 15 is 0 Å². The van der Waals surface area contributed by atoms with Gasteiger partial charge in [-0.15, -0.1) is 0 Å². The molecule has 0 saturated heterocycles. The molecule has 5 nitrogen and oxygen atoms in total. The van der Waals surface area contributed by atoms with E-state index < -0.39 is 0 Å². The van der Waals surface area contributed by atoms with Crippen LogP contribution in [-0.2, 0) is 0 Å². The van der Waals surface area contributed by atoms with Crippen molar-refractivity contribution in [3.8, 4) is 5.88 Å². The first kappa shape index (κ1) is 14.5. The van der Waals surface area contributed by atoms with Gasteiger partial charge >= 0.3 is 0 Å². The van der Waals surface area contributed by atoms with E-state index in [-0.39, 0.29) is 0 Å². The van der Waals surface area contributed by atoms with Crippen molar-refractivity contribution in [2.45, 2.75) is 51.5 Å². The molecule has 0 amide bonds. The van der Waals surface area contributed by atoms with E-state index in [9.17, 15) is 0 Å². The van der Waals surface area contributed by atoms with Gasteiger partial charge in [0.2, 0.25) is 5.88 Å². The Labute approximate surface area is 129 Å². The van der Waals surface area contributed by atoms with Crippen molar-refractivity contribution in [2.24, 2.45) is 5.92 Å². The van der Waals surface area contributed by atoms with E-state index in [2.05, 4.69) is 26.4 Å². The lowest BCUT2D eigenvalue weighted by molar-refractivity contribution is 0.245. The molecule has 2 heterocycles. The van der Waals surface area contributed by atoms with Crippen LogP contribution in [0.1, 0.15) is 51.5 Å². The highest BCUT2D eigenvalue weighted by atomic mass is 32.1. The third kappa shape index (κ3) is 2.57. The van der Waals surface area contributed by atoms with Crippen LogP contribution >= 0.6 is 12.2 Å². The Kier molecular flexibility index (Phi) is 4.24. The Hall–Kier alpha value is -1.43. The topological polar surface area (TPSA) is 55.7 Å². The van der Waals surface area contributed by atoms with Gasteiger partial charge in [0, 0.05) is 6.04 Å². The average molecular weight is 306 g/mol. The predicted molar refractivity (Wildman–Crippen MR) is 85.2 cm³/mol. The minimum absolute atomic E-state index is 0.408. The maximum atomic E-state index is 5.56. The zero-order valence-electron chi connectivity index (χ0n) is 12.6. The molecule has 21 heavy (non-hydrogen) atoms. The molecular weight excluding hydrogens is 284 g/mol. The summed E-state index contributed by atoms with van der Waals surface area (Å²) in [5.41, 5.74) is 1.67. The summed E-state index contributed by atoms with van der Waals surface area (Å²) in [6.45, 7) is 2.23. The molecule has 1 N–H and O–H groups in total. The predicted octanol–water partition coefficient (Wildman–Crippen LogP) is 4.03. The number of H-pyrrole nitrogens is 1. The molecule has 1 saturated carbocycles. The van der Waals surface area contributed by atoms with Gasteiger partial charge in [0.25, 0.3) is 0 Å². The monoisotopic (exact) mass is 306 g/mol. The quantitative estimate of drug-likeness (QED) is 0.867. The first-order valence-corrected chi connectivity index (χ1v) is 8.16. The molecule has 2 aromatic heterocycles. The van der Waals surface area contributed by atoms with Crippen LogP contribution in [-0.4, -0.2) is 26.6 Å². The van der Waals surface area contributed by atoms with Crippen molar-refractivity contribution < 1.29 is 4.74 Å². The molecule has 0 radical (unpaired) electrons. The Morgan fingerprint density at radius 1 is 1.38 bits per heavy atom. The molecule has 0 aliphatic heterocycles. The smallest absolute Gasteiger partial charge is 0.242 e. The number of hydrogen-bond donors (Lipinski definition) is 1. The highest BCUT2D eigenvalue weighted by molar-refractivity contribution is 7.71. The Morgan fingerprint density at radius 3 is 2.81 bits per heavy atom. The Bertz CT molecular complexity index is 672. The number of fused-ring (bicyclic) bond motifs is 1. The van der Waals surface area contributed by atoms with Crippen molar-refractivity contribution >= 4 is 23.4 Å². The number of rotatable bonds is 4. The van der Waals surface area contributed by atoms with Crippen LogP contribution in [0.5, 0.6) is 5.88 Å². The van der Waals surface area contributed by atoms with Gasteiger partial charge in [0.15, 0.2) is 10.4 Å². The standard InChI is InChI=1S/C15H22N4OS/c1-3-11(10-7-5-4-6-8-10)19-13-12(18-15(19)21)14(20-2)17-9-16-13/h9-11H,3-8H2,1-2H3,(H,18,21). The van der Waals surface area contributed by atoms with Crippen LogP contribution in [0.25, 0.3) is 11.2 Å². The third-order valence-electron chi connectivity index (χ3n) is 4.61. The highest BCUT2D eigenvalue weighted by Gasteiger charge is 2.26. The lowest BCUT2D eigenvalue weighted by atomic mass is 9.83. The van der Waals surface area contributed by atoms with Gasteiger partial charge in [-0.25, -0.2) is 4.98 Å². The Balaban J connectivity index is 2.09. The van der Waals surface area contributed by atoms with E-state index in [4.69, 9.17) is 17.0 Å². The zero-order chi connectivity index (χ0) is 14.8. The van der Waals surface area contributed by atoms with Crippen LogP contribution in [0.3, 0.4) is 0 Å². The number of aromatic amines is 1. The van der Waals surface area contributed by atoms with E-state index in [0.29, 0.717) is 17.8 Å². The minimum atomic E-state index is 0.408. The maximum absolute atomic E-state index is 5.56. The van der Waals surface area contributed by atoms with Gasteiger partial charge in [-0.1, -0.05) is 26.2 Å². The van der Waals surface area contributed by atoms with Crippen LogP contribution < -0.4 is 4.74 Å². The van der Waals surface area contributed by atoms with Gasteiger partial charge in [0.05, 0.1) is 7.11 Å². The van der Waals surface area contributed by atoms with Crippen molar-refractivity contribution in [1.82, 2.24) is 19.5 Å². The van der Waals surface area contributed by atoms with Gasteiger partial charge in [-0.3, -0.25) is 4.57 Å². The van der Waals surface area contributed by atoms with Gasteiger partial charge in [-0.2, -0.15) is 4.98 Å². The fourth-order valence-corrected chi connectivity index (χ4v) is 3.95. The van der Waals surface area contributed by atoms with Crippen LogP contribution in [0.2, 0.25) is 0 Å². The molecule has 1 fully saturated rings. The summed E-state index contributed by atoms with van der Waals surface area (Å²) in [7, 11) is 1.62. The number of nitrogens with zero attached hydrogens (tertiary/aromatic N) is 3. The number of imidazole rings is 1. The molecule has 1 atom stereocenters. The molecule has 0 aromatic carbocycles. The third-order valence-corrected chi connectivity index (χ3v) is 4.91. The molecule has 2 aromatic rings. The molecule has 0 bridgehead atoms. The SMILES string of the molecule is CCC(C1CCCCC1)n1c(=S)[nH]c2c(OC)ncnc21. The fourth-order valence-electron chi connectivity index (χ4n) is 3.62. The summed E-state index contributed by atoms with van der Waals surface area (Å²) in [5.74, 6) is 1.25. The summed E-state index contributed by atoms with van der Waals surface area (Å²) in [4.78, 5) is 11.8. The lowest BCUT2D eigenvalue weighted by Crippen LogP contribution is -2.21. The summed E-state index contributed by atoms with van der Waals surface area (Å²) in [6, 6.07) is 0.408. The first-order valence-electron chi connectivity index (χ1n) is 7.75. The molecule has 1 unspecified atom stereocenters.